The summed E-state index contributed by atoms with van der Waals surface area (Å²) >= 11 is 0. The van der Waals surface area contributed by atoms with Crippen LogP contribution in [0.15, 0.2) is 72.8 Å². The maximum Gasteiger partial charge on any atom is 0 e. The van der Waals surface area contributed by atoms with E-state index in [9.17, 15) is 0 Å². The maximum absolute atomic E-state index is 2.12. The van der Waals surface area contributed by atoms with Crippen LogP contribution in [0.3, 0.4) is 0 Å². The van der Waals surface area contributed by atoms with Gasteiger partial charge in [-0.2, -0.15) is 0 Å². The Balaban J connectivity index is 0.000000336. The van der Waals surface area contributed by atoms with E-state index in [0.717, 1.165) is 0 Å². The molecule has 0 amide bonds. The van der Waals surface area contributed by atoms with Crippen molar-refractivity contribution in [1.82, 2.24) is 6.15 Å². The third-order valence-electron chi connectivity index (χ3n) is 3.08. The standard InChI is InChI=1S/C10H8.C8H10.H3N.H/c1-2-6-10-8-4-3-7-9(10)5-1;1-7-5-3-4-6-8(7)2;;/h1-8H;3-6H,1-2H3;1H3;. The highest BCUT2D eigenvalue weighted by atomic mass is 14.0. The number of benzene rings is 3. The Morgan fingerprint density at radius 1 is 0.526 bits per heavy atom. The smallest absolute Gasteiger partial charge is 0 e. The zero-order valence-electron chi connectivity index (χ0n) is 12.6. The molecular weight excluding hydrogens is 230 g/mol. The first kappa shape index (κ1) is 14.9. The number of fused-ring (bicyclic) bond motifs is 1. The van der Waals surface area contributed by atoms with E-state index in [2.05, 4.69) is 86.6 Å². The highest BCUT2D eigenvalue weighted by molar-refractivity contribution is 5.81. The van der Waals surface area contributed by atoms with Gasteiger partial charge in [-0.3, -0.25) is 0 Å². The maximum atomic E-state index is 2.12. The Kier molecular flexibility index (Phi) is 5.77. The molecule has 0 aliphatic rings. The number of hydrogen-bond acceptors (Lipinski definition) is 1. The predicted molar refractivity (Wildman–Crippen MR) is 86.0 cm³/mol. The van der Waals surface area contributed by atoms with E-state index in [1.807, 2.05) is 0 Å². The van der Waals surface area contributed by atoms with Crippen molar-refractivity contribution >= 4 is 10.8 Å². The summed E-state index contributed by atoms with van der Waals surface area (Å²) in [6, 6.07) is 25.1. The lowest BCUT2D eigenvalue weighted by Crippen LogP contribution is -1.74. The van der Waals surface area contributed by atoms with Gasteiger partial charge in [0.1, 0.15) is 0 Å². The monoisotopic (exact) mass is 252 g/mol. The first-order valence-electron chi connectivity index (χ1n) is 6.23. The molecule has 0 unspecified atom stereocenters. The molecule has 0 saturated carbocycles. The van der Waals surface area contributed by atoms with Gasteiger partial charge in [0.25, 0.3) is 0 Å². The average Bonchev–Trinajstić information content (AvgIpc) is 2.43. The molecule has 1 heteroatoms. The zero-order valence-corrected chi connectivity index (χ0v) is 11.6. The minimum absolute atomic E-state index is 0. The molecule has 0 fully saturated rings. The Morgan fingerprint density at radius 2 is 0.789 bits per heavy atom. The summed E-state index contributed by atoms with van der Waals surface area (Å²) < 4.78 is 0. The molecule has 0 aliphatic heterocycles. The second-order valence-corrected chi connectivity index (χ2v) is 4.43. The normalized spacial score (nSPS) is 9.16. The number of rotatable bonds is 0. The van der Waals surface area contributed by atoms with Crippen molar-refractivity contribution in [2.75, 3.05) is 0 Å². The molecule has 1 radical (unpaired) electrons. The third kappa shape index (κ3) is 4.23. The number of aryl methyl sites for hydroxylation is 2. The van der Waals surface area contributed by atoms with Crippen LogP contribution in [-0.2, 0) is 0 Å². The molecule has 0 heterocycles. The van der Waals surface area contributed by atoms with E-state index in [0.29, 0.717) is 0 Å². The van der Waals surface area contributed by atoms with Crippen molar-refractivity contribution in [3.8, 4) is 0 Å². The summed E-state index contributed by atoms with van der Waals surface area (Å²) in [6.07, 6.45) is 0. The van der Waals surface area contributed by atoms with Crippen LogP contribution in [0.2, 0.25) is 0 Å². The SMILES string of the molecule is Cc1ccccc1C.N.[H].c1ccc2ccccc2c1. The Labute approximate surface area is 117 Å². The van der Waals surface area contributed by atoms with Crippen molar-refractivity contribution in [3.63, 3.8) is 0 Å². The molecule has 19 heavy (non-hydrogen) atoms. The molecule has 3 rings (SSSR count). The van der Waals surface area contributed by atoms with Crippen LogP contribution in [0.5, 0.6) is 0 Å². The molecular formula is C18H22N. The number of hydrogen-bond donors (Lipinski definition) is 1. The average molecular weight is 252 g/mol. The molecule has 0 aliphatic carbocycles. The molecule has 3 aromatic rings. The van der Waals surface area contributed by atoms with Gasteiger partial charge in [-0.1, -0.05) is 72.8 Å². The second-order valence-electron chi connectivity index (χ2n) is 4.43. The Bertz CT molecular complexity index is 548. The summed E-state index contributed by atoms with van der Waals surface area (Å²) in [5.74, 6) is 0. The fourth-order valence-corrected chi connectivity index (χ4v) is 1.80. The van der Waals surface area contributed by atoms with Gasteiger partial charge in [-0.25, -0.2) is 0 Å². The highest BCUT2D eigenvalue weighted by Gasteiger charge is 1.85. The Morgan fingerprint density at radius 3 is 1.05 bits per heavy atom. The molecule has 0 atom stereocenters. The van der Waals surface area contributed by atoms with Crippen LogP contribution in [0.4, 0.5) is 0 Å². The molecule has 0 saturated heterocycles. The van der Waals surface area contributed by atoms with Gasteiger partial charge in [-0.05, 0) is 35.7 Å². The van der Waals surface area contributed by atoms with E-state index in [-0.39, 0.29) is 7.58 Å². The van der Waals surface area contributed by atoms with Gasteiger partial charge in [0.2, 0.25) is 0 Å². The molecule has 0 aromatic heterocycles. The van der Waals surface area contributed by atoms with E-state index in [1.165, 1.54) is 21.9 Å². The van der Waals surface area contributed by atoms with Crippen LogP contribution in [-0.4, -0.2) is 0 Å². The van der Waals surface area contributed by atoms with Crippen molar-refractivity contribution in [1.29, 1.82) is 0 Å². The lowest BCUT2D eigenvalue weighted by molar-refractivity contribution is 1.34. The van der Waals surface area contributed by atoms with E-state index >= 15 is 0 Å². The Hall–Kier alpha value is -2.12. The van der Waals surface area contributed by atoms with Gasteiger partial charge < -0.3 is 6.15 Å². The quantitative estimate of drug-likeness (QED) is 0.569. The second kappa shape index (κ2) is 7.34. The van der Waals surface area contributed by atoms with Crippen molar-refractivity contribution in [3.05, 3.63) is 83.9 Å². The summed E-state index contributed by atoms with van der Waals surface area (Å²) in [7, 11) is 0. The van der Waals surface area contributed by atoms with Gasteiger partial charge in [-0.15, -0.1) is 0 Å². The summed E-state index contributed by atoms with van der Waals surface area (Å²) in [5.41, 5.74) is 2.74. The van der Waals surface area contributed by atoms with Crippen LogP contribution < -0.4 is 6.15 Å². The molecule has 99 valence electrons. The van der Waals surface area contributed by atoms with E-state index < -0.39 is 0 Å². The summed E-state index contributed by atoms with van der Waals surface area (Å²) in [6.45, 7) is 4.24. The van der Waals surface area contributed by atoms with Gasteiger partial charge in [0.15, 0.2) is 0 Å². The molecule has 3 N–H and O–H groups in total. The van der Waals surface area contributed by atoms with Gasteiger partial charge in [0.05, 0.1) is 0 Å². The van der Waals surface area contributed by atoms with Crippen LogP contribution >= 0.6 is 0 Å². The van der Waals surface area contributed by atoms with Gasteiger partial charge >= 0.3 is 0 Å². The lowest BCUT2D eigenvalue weighted by Gasteiger charge is -1.93. The van der Waals surface area contributed by atoms with Crippen molar-refractivity contribution < 1.29 is 1.43 Å². The van der Waals surface area contributed by atoms with Crippen molar-refractivity contribution in [2.45, 2.75) is 13.8 Å². The predicted octanol–water partition coefficient (Wildman–Crippen LogP) is 5.42. The fraction of sp³-hybridized carbons (Fsp3) is 0.111. The first-order chi connectivity index (χ1) is 8.77. The van der Waals surface area contributed by atoms with Crippen molar-refractivity contribution in [2.24, 2.45) is 0 Å². The third-order valence-corrected chi connectivity index (χ3v) is 3.08. The molecule has 0 bridgehead atoms. The minimum Gasteiger partial charge on any atom is -0.344 e. The van der Waals surface area contributed by atoms with E-state index in [1.54, 1.807) is 0 Å². The topological polar surface area (TPSA) is 35.0 Å². The lowest BCUT2D eigenvalue weighted by atomic mass is 10.1. The molecule has 3 aromatic carbocycles. The van der Waals surface area contributed by atoms with Crippen LogP contribution in [0.25, 0.3) is 10.8 Å². The summed E-state index contributed by atoms with van der Waals surface area (Å²) in [5, 5.41) is 2.62. The first-order valence-corrected chi connectivity index (χ1v) is 6.23. The highest BCUT2D eigenvalue weighted by Crippen LogP contribution is 2.11. The van der Waals surface area contributed by atoms with E-state index in [4.69, 9.17) is 0 Å². The van der Waals surface area contributed by atoms with Gasteiger partial charge in [0, 0.05) is 1.43 Å². The largest absolute Gasteiger partial charge is 0.344 e. The fourth-order valence-electron chi connectivity index (χ4n) is 1.80. The molecule has 0 spiro atoms. The summed E-state index contributed by atoms with van der Waals surface area (Å²) in [4.78, 5) is 0. The van der Waals surface area contributed by atoms with Crippen LogP contribution in [0, 0.1) is 13.8 Å². The zero-order chi connectivity index (χ0) is 12.8. The minimum atomic E-state index is 0. The van der Waals surface area contributed by atoms with Crippen LogP contribution in [0.1, 0.15) is 12.6 Å². The molecule has 1 nitrogen and oxygen atoms in total.